The SMILES string of the molecule is CN(C)CCOCCNC(=O)c1c(N)cccc1Cl. The van der Waals surface area contributed by atoms with Gasteiger partial charge in [0.25, 0.3) is 5.91 Å². The van der Waals surface area contributed by atoms with Gasteiger partial charge in [-0.15, -0.1) is 0 Å². The van der Waals surface area contributed by atoms with E-state index in [2.05, 4.69) is 5.32 Å². The van der Waals surface area contributed by atoms with Crippen molar-refractivity contribution in [1.29, 1.82) is 0 Å². The minimum atomic E-state index is -0.278. The summed E-state index contributed by atoms with van der Waals surface area (Å²) in [5.41, 5.74) is 6.42. The summed E-state index contributed by atoms with van der Waals surface area (Å²) in [5.74, 6) is -0.278. The predicted octanol–water partition coefficient (Wildman–Crippen LogP) is 1.23. The first-order chi connectivity index (χ1) is 9.02. The lowest BCUT2D eigenvalue weighted by Gasteiger charge is -2.11. The van der Waals surface area contributed by atoms with Gasteiger partial charge in [-0.3, -0.25) is 4.79 Å². The highest BCUT2D eigenvalue weighted by Gasteiger charge is 2.12. The summed E-state index contributed by atoms with van der Waals surface area (Å²) in [4.78, 5) is 13.9. The maximum absolute atomic E-state index is 11.9. The molecule has 1 amide bonds. The van der Waals surface area contributed by atoms with Crippen LogP contribution in [0.4, 0.5) is 5.69 Å². The summed E-state index contributed by atoms with van der Waals surface area (Å²) < 4.78 is 5.37. The molecule has 3 N–H and O–H groups in total. The fraction of sp³-hybridized carbons (Fsp3) is 0.462. The number of nitrogens with two attached hydrogens (primary N) is 1. The van der Waals surface area contributed by atoms with E-state index in [1.54, 1.807) is 18.2 Å². The first-order valence-electron chi connectivity index (χ1n) is 6.07. The van der Waals surface area contributed by atoms with Gasteiger partial charge < -0.3 is 20.7 Å². The Kier molecular flexibility index (Phi) is 6.62. The molecule has 0 aliphatic carbocycles. The lowest BCUT2D eigenvalue weighted by atomic mass is 10.1. The van der Waals surface area contributed by atoms with Gasteiger partial charge >= 0.3 is 0 Å². The number of amides is 1. The van der Waals surface area contributed by atoms with Crippen molar-refractivity contribution in [3.8, 4) is 0 Å². The molecule has 1 rings (SSSR count). The molecule has 0 aliphatic heterocycles. The summed E-state index contributed by atoms with van der Waals surface area (Å²) in [6, 6.07) is 4.99. The summed E-state index contributed by atoms with van der Waals surface area (Å²) in [7, 11) is 3.95. The van der Waals surface area contributed by atoms with E-state index >= 15 is 0 Å². The number of carbonyl (C=O) groups excluding carboxylic acids is 1. The standard InChI is InChI=1S/C13H20ClN3O2/c1-17(2)7-9-19-8-6-16-13(18)12-10(14)4-3-5-11(12)15/h3-5H,6-9,15H2,1-2H3,(H,16,18). The third kappa shape index (κ3) is 5.46. The zero-order chi connectivity index (χ0) is 14.3. The van der Waals surface area contributed by atoms with Crippen LogP contribution in [0.1, 0.15) is 10.4 Å². The molecule has 19 heavy (non-hydrogen) atoms. The van der Waals surface area contributed by atoms with Gasteiger partial charge in [0.15, 0.2) is 0 Å². The van der Waals surface area contributed by atoms with Crippen LogP contribution in [0.25, 0.3) is 0 Å². The van der Waals surface area contributed by atoms with Crippen molar-refractivity contribution in [3.05, 3.63) is 28.8 Å². The lowest BCUT2D eigenvalue weighted by molar-refractivity contribution is 0.0901. The van der Waals surface area contributed by atoms with Crippen LogP contribution in [0.5, 0.6) is 0 Å². The van der Waals surface area contributed by atoms with E-state index in [4.69, 9.17) is 22.1 Å². The minimum Gasteiger partial charge on any atom is -0.398 e. The van der Waals surface area contributed by atoms with Crippen molar-refractivity contribution in [2.24, 2.45) is 0 Å². The number of carbonyl (C=O) groups is 1. The van der Waals surface area contributed by atoms with E-state index in [0.29, 0.717) is 36.0 Å². The Morgan fingerprint density at radius 1 is 1.42 bits per heavy atom. The van der Waals surface area contributed by atoms with Crippen molar-refractivity contribution in [1.82, 2.24) is 10.2 Å². The number of nitrogens with one attached hydrogen (secondary N) is 1. The van der Waals surface area contributed by atoms with E-state index in [1.165, 1.54) is 0 Å². The monoisotopic (exact) mass is 285 g/mol. The van der Waals surface area contributed by atoms with E-state index in [-0.39, 0.29) is 5.91 Å². The first-order valence-corrected chi connectivity index (χ1v) is 6.45. The van der Waals surface area contributed by atoms with E-state index in [0.717, 1.165) is 6.54 Å². The van der Waals surface area contributed by atoms with Crippen molar-refractivity contribution in [3.63, 3.8) is 0 Å². The Labute approximate surface area is 118 Å². The molecule has 0 atom stereocenters. The molecule has 0 bridgehead atoms. The van der Waals surface area contributed by atoms with E-state index < -0.39 is 0 Å². The third-order valence-electron chi connectivity index (χ3n) is 2.49. The highest BCUT2D eigenvalue weighted by Crippen LogP contribution is 2.21. The van der Waals surface area contributed by atoms with Gasteiger partial charge in [-0.05, 0) is 26.2 Å². The topological polar surface area (TPSA) is 67.6 Å². The molecule has 0 aromatic heterocycles. The zero-order valence-electron chi connectivity index (χ0n) is 11.3. The smallest absolute Gasteiger partial charge is 0.254 e. The molecular formula is C13H20ClN3O2. The fourth-order valence-electron chi connectivity index (χ4n) is 1.45. The second kappa shape index (κ2) is 7.99. The Morgan fingerprint density at radius 3 is 2.79 bits per heavy atom. The molecule has 0 heterocycles. The third-order valence-corrected chi connectivity index (χ3v) is 2.80. The summed E-state index contributed by atoms with van der Waals surface area (Å²) in [6.07, 6.45) is 0. The number of likely N-dealkylation sites (N-methyl/N-ethyl adjacent to an activating group) is 1. The van der Waals surface area contributed by atoms with Crippen LogP contribution in [0.2, 0.25) is 5.02 Å². The number of hydrogen-bond acceptors (Lipinski definition) is 4. The molecule has 0 fully saturated rings. The molecule has 0 saturated carbocycles. The molecule has 106 valence electrons. The van der Waals surface area contributed by atoms with Crippen molar-refractivity contribution in [2.75, 3.05) is 46.1 Å². The molecule has 0 aliphatic rings. The summed E-state index contributed by atoms with van der Waals surface area (Å²) in [6.45, 7) is 2.38. The zero-order valence-corrected chi connectivity index (χ0v) is 12.0. The van der Waals surface area contributed by atoms with Crippen LogP contribution in [0.15, 0.2) is 18.2 Å². The Hall–Kier alpha value is -1.30. The van der Waals surface area contributed by atoms with Crippen LogP contribution in [-0.4, -0.2) is 51.2 Å². The van der Waals surface area contributed by atoms with Crippen LogP contribution in [0.3, 0.4) is 0 Å². The van der Waals surface area contributed by atoms with Gasteiger partial charge in [0.05, 0.1) is 23.8 Å². The van der Waals surface area contributed by atoms with Crippen LogP contribution in [-0.2, 0) is 4.74 Å². The molecule has 5 nitrogen and oxygen atoms in total. The number of halogens is 1. The molecule has 0 unspecified atom stereocenters. The molecular weight excluding hydrogens is 266 g/mol. The molecule has 6 heteroatoms. The summed E-state index contributed by atoms with van der Waals surface area (Å²) >= 11 is 5.94. The van der Waals surface area contributed by atoms with Crippen molar-refractivity contribution >= 4 is 23.2 Å². The highest BCUT2D eigenvalue weighted by atomic mass is 35.5. The van der Waals surface area contributed by atoms with Crippen LogP contribution in [0, 0.1) is 0 Å². The average Bonchev–Trinajstić information content (AvgIpc) is 2.33. The van der Waals surface area contributed by atoms with Gasteiger partial charge in [0, 0.05) is 18.8 Å². The highest BCUT2D eigenvalue weighted by molar-refractivity contribution is 6.34. The second-order valence-corrected chi connectivity index (χ2v) is 4.78. The lowest BCUT2D eigenvalue weighted by Crippen LogP contribution is -2.29. The second-order valence-electron chi connectivity index (χ2n) is 4.38. The molecule has 0 spiro atoms. The molecule has 1 aromatic carbocycles. The van der Waals surface area contributed by atoms with E-state index in [1.807, 2.05) is 19.0 Å². The predicted molar refractivity (Wildman–Crippen MR) is 77.6 cm³/mol. The molecule has 1 aromatic rings. The number of rotatable bonds is 7. The number of hydrogen-bond donors (Lipinski definition) is 2. The quantitative estimate of drug-likeness (QED) is 0.584. The number of nitrogen functional groups attached to an aromatic ring is 1. The van der Waals surface area contributed by atoms with Gasteiger partial charge in [-0.1, -0.05) is 17.7 Å². The normalized spacial score (nSPS) is 10.7. The average molecular weight is 286 g/mol. The minimum absolute atomic E-state index is 0.278. The van der Waals surface area contributed by atoms with Crippen molar-refractivity contribution in [2.45, 2.75) is 0 Å². The van der Waals surface area contributed by atoms with Gasteiger partial charge in [0.1, 0.15) is 0 Å². The fourth-order valence-corrected chi connectivity index (χ4v) is 1.72. The Morgan fingerprint density at radius 2 is 2.16 bits per heavy atom. The van der Waals surface area contributed by atoms with E-state index in [9.17, 15) is 4.79 Å². The van der Waals surface area contributed by atoms with Crippen molar-refractivity contribution < 1.29 is 9.53 Å². The van der Waals surface area contributed by atoms with Gasteiger partial charge in [-0.25, -0.2) is 0 Å². The number of anilines is 1. The molecule has 0 radical (unpaired) electrons. The van der Waals surface area contributed by atoms with Crippen LogP contribution < -0.4 is 11.1 Å². The maximum atomic E-state index is 11.9. The van der Waals surface area contributed by atoms with Crippen LogP contribution >= 0.6 is 11.6 Å². The first kappa shape index (κ1) is 15.8. The Balaban J connectivity index is 2.32. The number of nitrogens with zero attached hydrogens (tertiary/aromatic N) is 1. The Bertz CT molecular complexity index is 404. The number of ether oxygens (including phenoxy) is 1. The maximum Gasteiger partial charge on any atom is 0.254 e. The largest absolute Gasteiger partial charge is 0.398 e. The van der Waals surface area contributed by atoms with Gasteiger partial charge in [0.2, 0.25) is 0 Å². The molecule has 0 saturated heterocycles. The van der Waals surface area contributed by atoms with Gasteiger partial charge in [-0.2, -0.15) is 0 Å². The summed E-state index contributed by atoms with van der Waals surface area (Å²) in [5, 5.41) is 3.08. The number of benzene rings is 1.